The lowest BCUT2D eigenvalue weighted by Crippen LogP contribution is -2.43. The number of nitrogens with zero attached hydrogens (tertiary/aromatic N) is 3. The van der Waals surface area contributed by atoms with E-state index in [1.807, 2.05) is 27.7 Å². The number of guanidine groups is 1. The van der Waals surface area contributed by atoms with Crippen LogP contribution >= 0.6 is 0 Å². The fourth-order valence-corrected chi connectivity index (χ4v) is 3.74. The lowest BCUT2D eigenvalue weighted by atomic mass is 9.97. The van der Waals surface area contributed by atoms with Crippen molar-refractivity contribution >= 4 is 5.96 Å². The number of hydrogen-bond acceptors (Lipinski definition) is 5. The third-order valence-electron chi connectivity index (χ3n) is 5.71. The maximum Gasteiger partial charge on any atom is 0.208 e. The fraction of sp³-hybridized carbons (Fsp3) is 0.583. The number of para-hydroxylation sites is 1. The second kappa shape index (κ2) is 11.9. The van der Waals surface area contributed by atoms with E-state index in [1.165, 1.54) is 6.07 Å². The summed E-state index contributed by atoms with van der Waals surface area (Å²) in [5, 5.41) is 6.74. The normalized spacial score (nSPS) is 16.7. The zero-order valence-electron chi connectivity index (χ0n) is 19.7. The van der Waals surface area contributed by atoms with Crippen molar-refractivity contribution in [2.24, 2.45) is 10.9 Å². The minimum atomic E-state index is -0.354. The Morgan fingerprint density at radius 3 is 2.69 bits per heavy atom. The molecule has 2 heterocycles. The number of aryl methyl sites for hydroxylation is 2. The van der Waals surface area contributed by atoms with Crippen molar-refractivity contribution in [3.8, 4) is 5.75 Å². The van der Waals surface area contributed by atoms with Crippen LogP contribution in [0.5, 0.6) is 5.75 Å². The van der Waals surface area contributed by atoms with Crippen molar-refractivity contribution in [2.75, 3.05) is 32.7 Å². The number of likely N-dealkylation sites (tertiary alicyclic amines) is 1. The fourth-order valence-electron chi connectivity index (χ4n) is 3.74. The molecule has 176 valence electrons. The van der Waals surface area contributed by atoms with E-state index >= 15 is 0 Å². The molecule has 1 aliphatic rings. The summed E-state index contributed by atoms with van der Waals surface area (Å²) in [5.41, 5.74) is 0.975. The summed E-state index contributed by atoms with van der Waals surface area (Å²) in [4.78, 5) is 11.5. The first-order valence-corrected chi connectivity index (χ1v) is 11.5. The van der Waals surface area contributed by atoms with Crippen LogP contribution in [0.25, 0.3) is 0 Å². The lowest BCUT2D eigenvalue weighted by Gasteiger charge is -2.31. The van der Waals surface area contributed by atoms with Crippen molar-refractivity contribution < 1.29 is 13.5 Å². The first-order valence-electron chi connectivity index (χ1n) is 11.5. The number of aromatic nitrogens is 1. The van der Waals surface area contributed by atoms with E-state index in [-0.39, 0.29) is 17.7 Å². The van der Waals surface area contributed by atoms with Gasteiger partial charge in [-0.1, -0.05) is 12.1 Å². The summed E-state index contributed by atoms with van der Waals surface area (Å²) in [7, 11) is 0. The van der Waals surface area contributed by atoms with Crippen molar-refractivity contribution in [3.05, 3.63) is 47.4 Å². The van der Waals surface area contributed by atoms with Crippen LogP contribution in [-0.2, 0) is 6.54 Å². The number of aliphatic imine (C=N–C) groups is 1. The number of nitrogens with one attached hydrogen (secondary N) is 2. The number of hydrogen-bond donors (Lipinski definition) is 2. The molecule has 1 aliphatic heterocycles. The second-order valence-corrected chi connectivity index (χ2v) is 8.43. The number of halogens is 1. The quantitative estimate of drug-likeness (QED) is 0.453. The molecule has 3 rings (SSSR count). The molecule has 8 heteroatoms. The molecule has 0 amide bonds. The second-order valence-electron chi connectivity index (χ2n) is 8.43. The molecular formula is C24H36FN5O2. The molecule has 1 unspecified atom stereocenters. The van der Waals surface area contributed by atoms with Gasteiger partial charge in [0.15, 0.2) is 17.5 Å². The van der Waals surface area contributed by atoms with Crippen LogP contribution in [0, 0.1) is 25.6 Å². The molecule has 0 radical (unpaired) electrons. The van der Waals surface area contributed by atoms with Crippen LogP contribution < -0.4 is 15.4 Å². The minimum absolute atomic E-state index is 0.229. The lowest BCUT2D eigenvalue weighted by molar-refractivity contribution is 0.164. The van der Waals surface area contributed by atoms with Crippen LogP contribution in [0.15, 0.2) is 33.7 Å². The summed E-state index contributed by atoms with van der Waals surface area (Å²) < 4.78 is 25.2. The highest BCUT2D eigenvalue weighted by molar-refractivity contribution is 5.79. The molecule has 1 aromatic heterocycles. The van der Waals surface area contributed by atoms with E-state index in [0.29, 0.717) is 12.5 Å². The van der Waals surface area contributed by atoms with Gasteiger partial charge in [0, 0.05) is 13.1 Å². The van der Waals surface area contributed by atoms with Gasteiger partial charge in [-0.25, -0.2) is 14.4 Å². The Bertz CT molecular complexity index is 858. The maximum atomic E-state index is 13.8. The average molecular weight is 446 g/mol. The van der Waals surface area contributed by atoms with Crippen LogP contribution in [0.2, 0.25) is 0 Å². The van der Waals surface area contributed by atoms with Crippen molar-refractivity contribution in [1.29, 1.82) is 0 Å². The highest BCUT2D eigenvalue weighted by Gasteiger charge is 2.21. The third kappa shape index (κ3) is 7.22. The van der Waals surface area contributed by atoms with Gasteiger partial charge < -0.3 is 19.8 Å². The summed E-state index contributed by atoms with van der Waals surface area (Å²) in [6, 6.07) is 6.45. The summed E-state index contributed by atoms with van der Waals surface area (Å²) >= 11 is 0. The van der Waals surface area contributed by atoms with Gasteiger partial charge in [-0.2, -0.15) is 0 Å². The Balaban J connectivity index is 1.41. The Morgan fingerprint density at radius 2 is 2.03 bits per heavy atom. The van der Waals surface area contributed by atoms with E-state index in [0.717, 1.165) is 68.9 Å². The zero-order chi connectivity index (χ0) is 22.9. The van der Waals surface area contributed by atoms with Gasteiger partial charge in [0.1, 0.15) is 11.9 Å². The first kappa shape index (κ1) is 24.0. The zero-order valence-corrected chi connectivity index (χ0v) is 19.7. The first-order chi connectivity index (χ1) is 15.4. The standard InChI is InChI=1S/C24H36FN5O2/c1-5-26-24(27-14-17(2)31-22-9-7-6-8-21(22)25)28-15-20-10-12-30(13-11-20)16-23-29-18(3)19(4)32-23/h6-9,17,20H,5,10-16H2,1-4H3,(H2,26,27,28). The molecule has 0 saturated carbocycles. The predicted molar refractivity (Wildman–Crippen MR) is 124 cm³/mol. The molecule has 0 aliphatic carbocycles. The molecule has 0 bridgehead atoms. The smallest absolute Gasteiger partial charge is 0.208 e. The van der Waals surface area contributed by atoms with Crippen molar-refractivity contribution in [2.45, 2.75) is 53.2 Å². The monoisotopic (exact) mass is 445 g/mol. The highest BCUT2D eigenvalue weighted by Crippen LogP contribution is 2.19. The third-order valence-corrected chi connectivity index (χ3v) is 5.71. The molecule has 0 spiro atoms. The Hall–Kier alpha value is -2.61. The van der Waals surface area contributed by atoms with Gasteiger partial charge in [0.05, 0.1) is 18.8 Å². The molecule has 2 aromatic rings. The molecule has 32 heavy (non-hydrogen) atoms. The molecule has 2 N–H and O–H groups in total. The van der Waals surface area contributed by atoms with E-state index in [9.17, 15) is 4.39 Å². The van der Waals surface area contributed by atoms with Crippen LogP contribution in [0.4, 0.5) is 4.39 Å². The predicted octanol–water partition coefficient (Wildman–Crippen LogP) is 3.67. The number of rotatable bonds is 9. The van der Waals surface area contributed by atoms with Crippen LogP contribution in [0.3, 0.4) is 0 Å². The van der Waals surface area contributed by atoms with Gasteiger partial charge in [-0.3, -0.25) is 4.90 Å². The highest BCUT2D eigenvalue weighted by atomic mass is 19.1. The summed E-state index contributed by atoms with van der Waals surface area (Å²) in [6.45, 7) is 12.8. The van der Waals surface area contributed by atoms with Gasteiger partial charge in [0.2, 0.25) is 5.89 Å². The number of oxazole rings is 1. The topological polar surface area (TPSA) is 74.9 Å². The SMILES string of the molecule is CCNC(=NCC(C)Oc1ccccc1F)NCC1CCN(Cc2nc(C)c(C)o2)CC1. The molecule has 1 fully saturated rings. The average Bonchev–Trinajstić information content (AvgIpc) is 3.09. The van der Waals surface area contributed by atoms with E-state index in [4.69, 9.17) is 9.15 Å². The molecule has 1 atom stereocenters. The molecule has 1 aromatic carbocycles. The number of ether oxygens (including phenoxy) is 1. The molecular weight excluding hydrogens is 409 g/mol. The van der Waals surface area contributed by atoms with Crippen LogP contribution in [0.1, 0.15) is 44.0 Å². The van der Waals surface area contributed by atoms with Crippen molar-refractivity contribution in [1.82, 2.24) is 20.5 Å². The largest absolute Gasteiger partial charge is 0.486 e. The maximum absolute atomic E-state index is 13.8. The van der Waals surface area contributed by atoms with E-state index in [1.54, 1.807) is 18.2 Å². The summed E-state index contributed by atoms with van der Waals surface area (Å²) in [5.74, 6) is 2.98. The number of piperidine rings is 1. The summed E-state index contributed by atoms with van der Waals surface area (Å²) in [6.07, 6.45) is 2.02. The number of benzene rings is 1. The Morgan fingerprint density at radius 1 is 1.28 bits per heavy atom. The van der Waals surface area contributed by atoms with Gasteiger partial charge in [-0.05, 0) is 71.7 Å². The van der Waals surface area contributed by atoms with Crippen molar-refractivity contribution in [3.63, 3.8) is 0 Å². The molecule has 7 nitrogen and oxygen atoms in total. The van der Waals surface area contributed by atoms with Gasteiger partial charge in [0.25, 0.3) is 0 Å². The Kier molecular flexibility index (Phi) is 8.90. The Labute approximate surface area is 190 Å². The van der Waals surface area contributed by atoms with Crippen LogP contribution in [-0.4, -0.2) is 54.7 Å². The van der Waals surface area contributed by atoms with Gasteiger partial charge >= 0.3 is 0 Å². The molecule has 1 saturated heterocycles. The minimum Gasteiger partial charge on any atom is -0.486 e. The van der Waals surface area contributed by atoms with Gasteiger partial charge in [-0.15, -0.1) is 0 Å². The van der Waals surface area contributed by atoms with E-state index < -0.39 is 0 Å². The van der Waals surface area contributed by atoms with E-state index in [2.05, 4.69) is 25.5 Å².